The molecule has 4 heteroatoms. The van der Waals surface area contributed by atoms with E-state index in [1.54, 1.807) is 6.20 Å². The Kier molecular flexibility index (Phi) is 5.05. The molecule has 15 heavy (non-hydrogen) atoms. The van der Waals surface area contributed by atoms with Crippen LogP contribution >= 0.6 is 15.9 Å². The smallest absolute Gasteiger partial charge is 0.227 e. The molecule has 0 aliphatic heterocycles. The fourth-order valence-corrected chi connectivity index (χ4v) is 1.70. The number of hydrogen-bond acceptors (Lipinski definition) is 3. The fourth-order valence-electron chi connectivity index (χ4n) is 1.12. The Hall–Kier alpha value is -0.610. The summed E-state index contributed by atoms with van der Waals surface area (Å²) in [6.07, 6.45) is 1.80. The first-order valence-corrected chi connectivity index (χ1v) is 5.87. The Morgan fingerprint density at radius 1 is 1.53 bits per heavy atom. The van der Waals surface area contributed by atoms with Gasteiger partial charge in [-0.1, -0.05) is 13.8 Å². The van der Waals surface area contributed by atoms with Crippen LogP contribution in [0, 0.1) is 6.92 Å². The maximum atomic E-state index is 5.52. The van der Waals surface area contributed by atoms with Crippen LogP contribution < -0.4 is 10.1 Å². The maximum Gasteiger partial charge on any atom is 0.227 e. The highest BCUT2D eigenvalue weighted by Gasteiger charge is 2.02. The number of aryl methyl sites for hydroxylation is 1. The molecular formula is C11H17BrN2O. The van der Waals surface area contributed by atoms with Gasteiger partial charge in [0.15, 0.2) is 0 Å². The predicted molar refractivity (Wildman–Crippen MR) is 65.3 cm³/mol. The van der Waals surface area contributed by atoms with Crippen LogP contribution in [0.1, 0.15) is 19.4 Å². The Morgan fingerprint density at radius 3 is 2.87 bits per heavy atom. The lowest BCUT2D eigenvalue weighted by molar-refractivity contribution is 0.296. The first-order valence-electron chi connectivity index (χ1n) is 5.08. The topological polar surface area (TPSA) is 34.1 Å². The lowest BCUT2D eigenvalue weighted by atomic mass is 10.3. The van der Waals surface area contributed by atoms with Gasteiger partial charge in [0, 0.05) is 18.8 Å². The zero-order valence-electron chi connectivity index (χ0n) is 9.38. The molecule has 0 bridgehead atoms. The van der Waals surface area contributed by atoms with Crippen LogP contribution in [0.2, 0.25) is 0 Å². The van der Waals surface area contributed by atoms with E-state index in [0.29, 0.717) is 18.5 Å². The normalized spacial score (nSPS) is 10.7. The zero-order valence-corrected chi connectivity index (χ0v) is 11.0. The van der Waals surface area contributed by atoms with Gasteiger partial charge in [-0.2, -0.15) is 0 Å². The van der Waals surface area contributed by atoms with E-state index in [-0.39, 0.29) is 0 Å². The van der Waals surface area contributed by atoms with Crippen LogP contribution in [0.15, 0.2) is 16.7 Å². The summed E-state index contributed by atoms with van der Waals surface area (Å²) >= 11 is 3.42. The summed E-state index contributed by atoms with van der Waals surface area (Å²) in [5, 5.41) is 3.28. The third-order valence-corrected chi connectivity index (χ3v) is 2.41. The van der Waals surface area contributed by atoms with Gasteiger partial charge >= 0.3 is 0 Å². The Morgan fingerprint density at radius 2 is 2.27 bits per heavy atom. The monoisotopic (exact) mass is 272 g/mol. The van der Waals surface area contributed by atoms with Gasteiger partial charge in [0.25, 0.3) is 0 Å². The average molecular weight is 273 g/mol. The van der Waals surface area contributed by atoms with Crippen molar-refractivity contribution in [3.05, 3.63) is 22.3 Å². The Balaban J connectivity index is 2.37. The lowest BCUT2D eigenvalue weighted by Gasteiger charge is -2.10. The van der Waals surface area contributed by atoms with Crippen LogP contribution in [0.3, 0.4) is 0 Å². The lowest BCUT2D eigenvalue weighted by Crippen LogP contribution is -2.27. The summed E-state index contributed by atoms with van der Waals surface area (Å²) in [5.74, 6) is 0.658. The second kappa shape index (κ2) is 6.08. The summed E-state index contributed by atoms with van der Waals surface area (Å²) in [4.78, 5) is 4.20. The maximum absolute atomic E-state index is 5.52. The van der Waals surface area contributed by atoms with E-state index in [1.165, 1.54) is 0 Å². The minimum atomic E-state index is 0.489. The number of hydrogen-bond donors (Lipinski definition) is 1. The molecular weight excluding hydrogens is 256 g/mol. The van der Waals surface area contributed by atoms with Gasteiger partial charge in [-0.05, 0) is 34.5 Å². The first-order chi connectivity index (χ1) is 7.09. The summed E-state index contributed by atoms with van der Waals surface area (Å²) in [6.45, 7) is 7.69. The number of nitrogens with one attached hydrogen (secondary N) is 1. The van der Waals surface area contributed by atoms with Gasteiger partial charge in [-0.3, -0.25) is 0 Å². The van der Waals surface area contributed by atoms with E-state index < -0.39 is 0 Å². The third-order valence-electron chi connectivity index (χ3n) is 1.84. The molecule has 3 nitrogen and oxygen atoms in total. The quantitative estimate of drug-likeness (QED) is 0.837. The van der Waals surface area contributed by atoms with Crippen molar-refractivity contribution >= 4 is 15.9 Å². The molecule has 1 heterocycles. The minimum absolute atomic E-state index is 0.489. The molecule has 0 aromatic carbocycles. The number of halogens is 1. The highest BCUT2D eigenvalue weighted by molar-refractivity contribution is 9.10. The molecule has 84 valence electrons. The number of nitrogens with zero attached hydrogens (tertiary/aromatic N) is 1. The van der Waals surface area contributed by atoms with Gasteiger partial charge < -0.3 is 10.1 Å². The Labute approximate surface area is 99.4 Å². The standard InChI is InChI=1S/C11H17BrN2O/c1-8(2)13-4-5-15-11-10(12)6-9(3)7-14-11/h6-8,13H,4-5H2,1-3H3. The average Bonchev–Trinajstić information content (AvgIpc) is 2.14. The van der Waals surface area contributed by atoms with Gasteiger partial charge in [0.2, 0.25) is 5.88 Å². The summed E-state index contributed by atoms with van der Waals surface area (Å²) in [5.41, 5.74) is 1.12. The minimum Gasteiger partial charge on any atom is -0.476 e. The largest absolute Gasteiger partial charge is 0.476 e. The van der Waals surface area contributed by atoms with Gasteiger partial charge in [0.1, 0.15) is 6.61 Å². The molecule has 1 N–H and O–H groups in total. The van der Waals surface area contributed by atoms with Crippen molar-refractivity contribution in [3.8, 4) is 5.88 Å². The van der Waals surface area contributed by atoms with Gasteiger partial charge in [0.05, 0.1) is 4.47 Å². The van der Waals surface area contributed by atoms with Crippen molar-refractivity contribution in [2.24, 2.45) is 0 Å². The summed E-state index contributed by atoms with van der Waals surface area (Å²) in [7, 11) is 0. The Bertz CT molecular complexity index is 315. The van der Waals surface area contributed by atoms with Gasteiger partial charge in [-0.25, -0.2) is 4.98 Å². The van der Waals surface area contributed by atoms with Crippen molar-refractivity contribution in [2.45, 2.75) is 26.8 Å². The highest BCUT2D eigenvalue weighted by atomic mass is 79.9. The molecule has 0 amide bonds. The number of aromatic nitrogens is 1. The summed E-state index contributed by atoms with van der Waals surface area (Å²) in [6, 6.07) is 2.49. The van der Waals surface area contributed by atoms with E-state index in [1.807, 2.05) is 13.0 Å². The van der Waals surface area contributed by atoms with Crippen molar-refractivity contribution < 1.29 is 4.74 Å². The van der Waals surface area contributed by atoms with Crippen molar-refractivity contribution in [2.75, 3.05) is 13.2 Å². The molecule has 0 unspecified atom stereocenters. The molecule has 0 spiro atoms. The molecule has 0 aliphatic carbocycles. The van der Waals surface area contributed by atoms with E-state index in [4.69, 9.17) is 4.74 Å². The number of rotatable bonds is 5. The van der Waals surface area contributed by atoms with E-state index >= 15 is 0 Å². The fraction of sp³-hybridized carbons (Fsp3) is 0.545. The number of ether oxygens (including phenoxy) is 1. The number of pyridine rings is 1. The highest BCUT2D eigenvalue weighted by Crippen LogP contribution is 2.22. The van der Waals surface area contributed by atoms with Crippen LogP contribution in [0.5, 0.6) is 5.88 Å². The molecule has 0 radical (unpaired) electrons. The molecule has 0 atom stereocenters. The molecule has 1 aromatic rings. The molecule has 0 saturated heterocycles. The molecule has 1 aromatic heterocycles. The van der Waals surface area contributed by atoms with E-state index in [9.17, 15) is 0 Å². The second-order valence-electron chi connectivity index (χ2n) is 3.76. The van der Waals surface area contributed by atoms with E-state index in [2.05, 4.69) is 40.1 Å². The third kappa shape index (κ3) is 4.62. The van der Waals surface area contributed by atoms with Gasteiger partial charge in [-0.15, -0.1) is 0 Å². The molecule has 0 fully saturated rings. The van der Waals surface area contributed by atoms with Crippen LogP contribution in [-0.2, 0) is 0 Å². The molecule has 1 rings (SSSR count). The van der Waals surface area contributed by atoms with Crippen molar-refractivity contribution in [1.29, 1.82) is 0 Å². The van der Waals surface area contributed by atoms with Crippen LogP contribution in [0.4, 0.5) is 0 Å². The first kappa shape index (κ1) is 12.5. The predicted octanol–water partition coefficient (Wildman–Crippen LogP) is 2.53. The second-order valence-corrected chi connectivity index (χ2v) is 4.61. The zero-order chi connectivity index (χ0) is 11.3. The van der Waals surface area contributed by atoms with Crippen molar-refractivity contribution in [1.82, 2.24) is 10.3 Å². The van der Waals surface area contributed by atoms with Crippen LogP contribution in [-0.4, -0.2) is 24.2 Å². The SMILES string of the molecule is Cc1cnc(OCCNC(C)C)c(Br)c1. The van der Waals surface area contributed by atoms with Crippen LogP contribution in [0.25, 0.3) is 0 Å². The molecule has 0 aliphatic rings. The van der Waals surface area contributed by atoms with E-state index in [0.717, 1.165) is 16.6 Å². The van der Waals surface area contributed by atoms with Crippen molar-refractivity contribution in [3.63, 3.8) is 0 Å². The molecule has 0 saturated carbocycles. The summed E-state index contributed by atoms with van der Waals surface area (Å²) < 4.78 is 6.43.